The maximum absolute atomic E-state index is 11.9. The minimum Gasteiger partial charge on any atom is -0.487 e. The number of rotatable bonds is 11. The van der Waals surface area contributed by atoms with E-state index in [-0.39, 0.29) is 5.71 Å². The molecular weight excluding hydrogens is 566 g/mol. The predicted molar refractivity (Wildman–Crippen MR) is 173 cm³/mol. The molecule has 0 radical (unpaired) electrons. The zero-order valence-corrected chi connectivity index (χ0v) is 24.9. The number of para-hydroxylation sites is 2. The molecule has 0 aliphatic heterocycles. The predicted octanol–water partition coefficient (Wildman–Crippen LogP) is 7.60. The summed E-state index contributed by atoms with van der Waals surface area (Å²) in [5.41, 5.74) is 5.28. The Kier molecular flexibility index (Phi) is 8.92. The fourth-order valence-corrected chi connectivity index (χ4v) is 4.80. The van der Waals surface area contributed by atoms with Crippen molar-refractivity contribution in [3.63, 3.8) is 0 Å². The van der Waals surface area contributed by atoms with Crippen molar-refractivity contribution in [3.8, 4) is 11.5 Å². The summed E-state index contributed by atoms with van der Waals surface area (Å²) in [6, 6.07) is 39.1. The van der Waals surface area contributed by atoms with Gasteiger partial charge in [0.05, 0.1) is 29.5 Å². The Hall–Kier alpha value is -5.76. The number of carbonyl (C=O) groups excluding carboxylic acids is 1. The highest BCUT2D eigenvalue weighted by molar-refractivity contribution is 6.35. The molecule has 6 aromatic rings. The maximum Gasteiger partial charge on any atom is 0.355 e. The molecule has 8 heteroatoms. The van der Waals surface area contributed by atoms with Crippen LogP contribution in [0.5, 0.6) is 11.5 Å². The first kappa shape index (κ1) is 29.3. The molecular formula is C37H31N3O5. The van der Waals surface area contributed by atoms with E-state index in [0.717, 1.165) is 44.3 Å². The molecule has 0 amide bonds. The number of carbonyl (C=O) groups is 1. The number of fused-ring (bicyclic) bond motifs is 2. The van der Waals surface area contributed by atoms with Gasteiger partial charge in [0.1, 0.15) is 24.7 Å². The van der Waals surface area contributed by atoms with E-state index in [1.54, 1.807) is 6.92 Å². The van der Waals surface area contributed by atoms with Crippen molar-refractivity contribution < 1.29 is 23.8 Å². The second-order valence-corrected chi connectivity index (χ2v) is 10.4. The van der Waals surface area contributed by atoms with Gasteiger partial charge >= 0.3 is 5.97 Å². The van der Waals surface area contributed by atoms with Gasteiger partial charge in [-0.1, -0.05) is 78.0 Å². The van der Waals surface area contributed by atoms with E-state index in [1.165, 1.54) is 7.11 Å². The van der Waals surface area contributed by atoms with E-state index >= 15 is 0 Å². The molecule has 0 fully saturated rings. The molecule has 0 bridgehead atoms. The summed E-state index contributed by atoms with van der Waals surface area (Å²) < 4.78 is 16.8. The van der Waals surface area contributed by atoms with Crippen LogP contribution in [0.3, 0.4) is 0 Å². The quantitative estimate of drug-likeness (QED) is 0.0863. The number of esters is 1. The van der Waals surface area contributed by atoms with E-state index in [9.17, 15) is 4.79 Å². The van der Waals surface area contributed by atoms with Gasteiger partial charge < -0.3 is 19.0 Å². The molecule has 45 heavy (non-hydrogen) atoms. The lowest BCUT2D eigenvalue weighted by molar-refractivity contribution is -0.133. The topological polar surface area (TPSA) is 92.1 Å². The number of nitrogens with zero attached hydrogens (tertiary/aromatic N) is 3. The largest absolute Gasteiger partial charge is 0.487 e. The van der Waals surface area contributed by atoms with Crippen LogP contribution in [-0.4, -0.2) is 28.8 Å². The van der Waals surface area contributed by atoms with Crippen molar-refractivity contribution in [3.05, 3.63) is 144 Å². The van der Waals surface area contributed by atoms with Gasteiger partial charge in [0.25, 0.3) is 0 Å². The lowest BCUT2D eigenvalue weighted by atomic mass is 10.0. The van der Waals surface area contributed by atoms with E-state index in [1.807, 2.05) is 121 Å². The maximum atomic E-state index is 11.9. The highest BCUT2D eigenvalue weighted by Crippen LogP contribution is 2.30. The van der Waals surface area contributed by atoms with Crippen molar-refractivity contribution in [2.45, 2.75) is 26.2 Å². The summed E-state index contributed by atoms with van der Waals surface area (Å²) in [4.78, 5) is 27.2. The first-order valence-electron chi connectivity index (χ1n) is 14.5. The number of aromatic nitrogens is 2. The van der Waals surface area contributed by atoms with Crippen LogP contribution >= 0.6 is 0 Å². The molecule has 0 saturated carbocycles. The van der Waals surface area contributed by atoms with Gasteiger partial charge in [-0.15, -0.1) is 0 Å². The highest BCUT2D eigenvalue weighted by Gasteiger charge is 2.18. The molecule has 4 aromatic carbocycles. The Morgan fingerprint density at radius 1 is 0.644 bits per heavy atom. The number of ether oxygens (including phenoxy) is 3. The van der Waals surface area contributed by atoms with Crippen LogP contribution in [0.15, 0.2) is 126 Å². The monoisotopic (exact) mass is 597 g/mol. The molecule has 0 N–H and O–H groups in total. The first-order chi connectivity index (χ1) is 22.1. The lowest BCUT2D eigenvalue weighted by Gasteiger charge is -2.17. The lowest BCUT2D eigenvalue weighted by Crippen LogP contribution is -2.13. The summed E-state index contributed by atoms with van der Waals surface area (Å²) in [5.74, 6) is 0.811. The summed E-state index contributed by atoms with van der Waals surface area (Å²) in [6.07, 6.45) is -0.600. The summed E-state index contributed by atoms with van der Waals surface area (Å²) >= 11 is 0. The number of methoxy groups -OCH3 is 1. The van der Waals surface area contributed by atoms with Gasteiger partial charge in [0, 0.05) is 10.8 Å². The average molecular weight is 598 g/mol. The van der Waals surface area contributed by atoms with Crippen LogP contribution in [0.25, 0.3) is 21.8 Å². The summed E-state index contributed by atoms with van der Waals surface area (Å²) in [7, 11) is 1.30. The molecule has 0 spiro atoms. The third-order valence-corrected chi connectivity index (χ3v) is 7.23. The zero-order chi connectivity index (χ0) is 31.0. The van der Waals surface area contributed by atoms with Crippen LogP contribution in [-0.2, 0) is 27.6 Å². The average Bonchev–Trinajstić information content (AvgIpc) is 3.10. The van der Waals surface area contributed by atoms with Crippen molar-refractivity contribution in [1.29, 1.82) is 0 Å². The SMILES string of the molecule is COC(=O)/C(C)=N/OC(c1ccc(OCc2ccc3ccccc3n2)cc1)c1ccc(OCc2ccc3ccccc3n2)cc1. The van der Waals surface area contributed by atoms with E-state index in [0.29, 0.717) is 24.7 Å². The van der Waals surface area contributed by atoms with E-state index < -0.39 is 12.1 Å². The van der Waals surface area contributed by atoms with Gasteiger partial charge in [0.2, 0.25) is 0 Å². The summed E-state index contributed by atoms with van der Waals surface area (Å²) in [5, 5.41) is 6.23. The van der Waals surface area contributed by atoms with Crippen molar-refractivity contribution in [1.82, 2.24) is 9.97 Å². The van der Waals surface area contributed by atoms with Crippen molar-refractivity contribution in [2.75, 3.05) is 7.11 Å². The zero-order valence-electron chi connectivity index (χ0n) is 24.9. The molecule has 0 aliphatic carbocycles. The van der Waals surface area contributed by atoms with Gasteiger partial charge in [-0.3, -0.25) is 0 Å². The van der Waals surface area contributed by atoms with Crippen LogP contribution in [0.1, 0.15) is 35.5 Å². The minimum absolute atomic E-state index is 0.105. The second-order valence-electron chi connectivity index (χ2n) is 10.4. The number of pyridine rings is 2. The number of oxime groups is 1. The molecule has 0 aliphatic rings. The van der Waals surface area contributed by atoms with Gasteiger partial charge in [-0.05, 0) is 66.6 Å². The van der Waals surface area contributed by atoms with Gasteiger partial charge in [0.15, 0.2) is 11.8 Å². The molecule has 0 saturated heterocycles. The molecule has 224 valence electrons. The van der Waals surface area contributed by atoms with Crippen LogP contribution in [0.2, 0.25) is 0 Å². The van der Waals surface area contributed by atoms with Crippen LogP contribution < -0.4 is 9.47 Å². The highest BCUT2D eigenvalue weighted by atomic mass is 16.6. The molecule has 2 heterocycles. The van der Waals surface area contributed by atoms with Crippen LogP contribution in [0, 0.1) is 0 Å². The second kappa shape index (κ2) is 13.7. The third kappa shape index (κ3) is 7.25. The van der Waals surface area contributed by atoms with Crippen molar-refractivity contribution in [2.24, 2.45) is 5.16 Å². The Morgan fingerprint density at radius 3 is 1.58 bits per heavy atom. The number of benzene rings is 4. The Morgan fingerprint density at radius 2 is 1.11 bits per heavy atom. The van der Waals surface area contributed by atoms with Gasteiger partial charge in [-0.25, -0.2) is 14.8 Å². The third-order valence-electron chi connectivity index (χ3n) is 7.23. The minimum atomic E-state index is -0.600. The fraction of sp³-hybridized carbons (Fsp3) is 0.135. The first-order valence-corrected chi connectivity index (χ1v) is 14.5. The molecule has 0 atom stereocenters. The normalized spacial score (nSPS) is 11.5. The van der Waals surface area contributed by atoms with E-state index in [2.05, 4.69) is 15.1 Å². The van der Waals surface area contributed by atoms with Gasteiger partial charge in [-0.2, -0.15) is 0 Å². The smallest absolute Gasteiger partial charge is 0.355 e. The number of hydrogen-bond donors (Lipinski definition) is 0. The summed E-state index contributed by atoms with van der Waals surface area (Å²) in [6.45, 7) is 2.21. The standard InChI is InChI=1S/C37H31N3O5/c1-25(37(41)42-2)40-45-36(28-13-19-32(20-14-28)43-23-30-17-11-26-7-3-5-9-34(26)38-30)29-15-21-33(22-16-29)44-24-31-18-12-27-8-4-6-10-35(27)39-31/h3-22,36H,23-24H2,1-2H3/b40-25+. The molecule has 6 rings (SSSR count). The Bertz CT molecular complexity index is 1830. The molecule has 2 aromatic heterocycles. The fourth-order valence-electron chi connectivity index (χ4n) is 4.80. The molecule has 8 nitrogen and oxygen atoms in total. The van der Waals surface area contributed by atoms with Crippen molar-refractivity contribution >= 4 is 33.5 Å². The van der Waals surface area contributed by atoms with E-state index in [4.69, 9.17) is 19.0 Å². The van der Waals surface area contributed by atoms with Crippen LogP contribution in [0.4, 0.5) is 0 Å². The Labute approximate surface area is 260 Å². The Balaban J connectivity index is 1.15. The number of hydrogen-bond acceptors (Lipinski definition) is 8. The molecule has 0 unspecified atom stereocenters.